The lowest BCUT2D eigenvalue weighted by molar-refractivity contribution is 0.600. The zero-order valence-corrected chi connectivity index (χ0v) is 7.95. The second-order valence-corrected chi connectivity index (χ2v) is 3.14. The van der Waals surface area contributed by atoms with E-state index in [1.807, 2.05) is 0 Å². The van der Waals surface area contributed by atoms with Crippen LogP contribution in [0.15, 0.2) is 24.3 Å². The van der Waals surface area contributed by atoms with Gasteiger partial charge in [0.05, 0.1) is 0 Å². The monoisotopic (exact) mass is 206 g/mol. The normalized spacial score (nSPS) is 10.7. The molecule has 0 aromatic heterocycles. The van der Waals surface area contributed by atoms with E-state index in [4.69, 9.17) is 23.2 Å². The molecular weight excluding hydrogens is 198 g/mol. The number of alkyl halides is 2. The summed E-state index contributed by atoms with van der Waals surface area (Å²) in [6.07, 6.45) is 0. The summed E-state index contributed by atoms with van der Waals surface area (Å²) in [5, 5.41) is 0. The molecule has 0 aliphatic heterocycles. The van der Waals surface area contributed by atoms with Gasteiger partial charge in [0.2, 0.25) is 0 Å². The molecule has 0 atom stereocenters. The first kappa shape index (κ1) is 9.82. The van der Waals surface area contributed by atoms with Gasteiger partial charge >= 0.3 is 0 Å². The van der Waals surface area contributed by atoms with Crippen molar-refractivity contribution < 1.29 is 4.39 Å². The van der Waals surface area contributed by atoms with Crippen LogP contribution in [0.5, 0.6) is 0 Å². The standard InChI is InChI=1S/C9H9Cl2F/c10-5-7(6-11)8-3-1-2-4-9(8)12/h1-4,7H,5-6H2. The average Bonchev–Trinajstić information content (AvgIpc) is 2.10. The summed E-state index contributed by atoms with van der Waals surface area (Å²) >= 11 is 11.2. The van der Waals surface area contributed by atoms with Crippen molar-refractivity contribution in [3.8, 4) is 0 Å². The summed E-state index contributed by atoms with van der Waals surface area (Å²) in [5.74, 6) is 0.382. The molecule has 0 bridgehead atoms. The minimum atomic E-state index is -0.233. The van der Waals surface area contributed by atoms with Gasteiger partial charge in [0.15, 0.2) is 0 Å². The molecule has 0 aliphatic carbocycles. The van der Waals surface area contributed by atoms with Gasteiger partial charge in [0.1, 0.15) is 5.82 Å². The van der Waals surface area contributed by atoms with Crippen molar-refractivity contribution in [2.45, 2.75) is 5.92 Å². The van der Waals surface area contributed by atoms with Gasteiger partial charge in [0.25, 0.3) is 0 Å². The van der Waals surface area contributed by atoms with E-state index in [1.165, 1.54) is 6.07 Å². The third-order valence-corrected chi connectivity index (χ3v) is 2.46. The Bertz CT molecular complexity index is 246. The van der Waals surface area contributed by atoms with Gasteiger partial charge in [-0.05, 0) is 11.6 Å². The number of hydrogen-bond donors (Lipinski definition) is 0. The largest absolute Gasteiger partial charge is 0.207 e. The van der Waals surface area contributed by atoms with Crippen molar-refractivity contribution in [2.24, 2.45) is 0 Å². The van der Waals surface area contributed by atoms with Crippen molar-refractivity contribution >= 4 is 23.2 Å². The fraction of sp³-hybridized carbons (Fsp3) is 0.333. The maximum absolute atomic E-state index is 13.1. The Morgan fingerprint density at radius 2 is 1.75 bits per heavy atom. The highest BCUT2D eigenvalue weighted by Gasteiger charge is 2.12. The first-order valence-electron chi connectivity index (χ1n) is 3.66. The van der Waals surface area contributed by atoms with E-state index in [2.05, 4.69) is 0 Å². The summed E-state index contributed by atoms with van der Waals surface area (Å²) in [5.41, 5.74) is 0.600. The topological polar surface area (TPSA) is 0 Å². The highest BCUT2D eigenvalue weighted by atomic mass is 35.5. The molecule has 1 aromatic carbocycles. The maximum atomic E-state index is 13.1. The Hall–Kier alpha value is -0.270. The second-order valence-electron chi connectivity index (χ2n) is 2.53. The van der Waals surface area contributed by atoms with E-state index in [-0.39, 0.29) is 11.7 Å². The molecule has 0 nitrogen and oxygen atoms in total. The van der Waals surface area contributed by atoms with Crippen LogP contribution in [0.1, 0.15) is 11.5 Å². The Balaban J connectivity index is 2.92. The third kappa shape index (κ3) is 2.11. The van der Waals surface area contributed by atoms with Crippen LogP contribution in [0.3, 0.4) is 0 Å². The zero-order valence-electron chi connectivity index (χ0n) is 6.43. The van der Waals surface area contributed by atoms with E-state index in [0.29, 0.717) is 17.3 Å². The van der Waals surface area contributed by atoms with Gasteiger partial charge in [0, 0.05) is 17.7 Å². The van der Waals surface area contributed by atoms with Crippen molar-refractivity contribution in [3.63, 3.8) is 0 Å². The lowest BCUT2D eigenvalue weighted by Crippen LogP contribution is -2.04. The van der Waals surface area contributed by atoms with Gasteiger partial charge in [-0.1, -0.05) is 18.2 Å². The fourth-order valence-corrected chi connectivity index (χ4v) is 1.68. The van der Waals surface area contributed by atoms with Gasteiger partial charge in [-0.2, -0.15) is 0 Å². The third-order valence-electron chi connectivity index (χ3n) is 1.72. The van der Waals surface area contributed by atoms with Crippen LogP contribution < -0.4 is 0 Å². The van der Waals surface area contributed by atoms with Crippen LogP contribution in [0.25, 0.3) is 0 Å². The molecule has 3 heteroatoms. The van der Waals surface area contributed by atoms with Crippen molar-refractivity contribution in [1.82, 2.24) is 0 Å². The SMILES string of the molecule is Fc1ccccc1C(CCl)CCl. The summed E-state index contributed by atoms with van der Waals surface area (Å²) in [6, 6.07) is 6.56. The summed E-state index contributed by atoms with van der Waals surface area (Å²) in [4.78, 5) is 0. The predicted molar refractivity (Wildman–Crippen MR) is 50.6 cm³/mol. The molecule has 0 N–H and O–H groups in total. The van der Waals surface area contributed by atoms with Gasteiger partial charge in [-0.3, -0.25) is 0 Å². The molecule has 1 rings (SSSR count). The molecule has 0 aliphatic rings. The fourth-order valence-electron chi connectivity index (χ4n) is 1.01. The van der Waals surface area contributed by atoms with Crippen LogP contribution in [-0.4, -0.2) is 11.8 Å². The van der Waals surface area contributed by atoms with Gasteiger partial charge in [-0.15, -0.1) is 23.2 Å². The van der Waals surface area contributed by atoms with Gasteiger partial charge < -0.3 is 0 Å². The maximum Gasteiger partial charge on any atom is 0.126 e. The smallest absolute Gasteiger partial charge is 0.126 e. The number of benzene rings is 1. The van der Waals surface area contributed by atoms with E-state index in [9.17, 15) is 4.39 Å². The molecule has 66 valence electrons. The highest BCUT2D eigenvalue weighted by molar-refractivity contribution is 6.21. The first-order valence-corrected chi connectivity index (χ1v) is 4.73. The molecule has 1 aromatic rings. The van der Waals surface area contributed by atoms with E-state index in [0.717, 1.165) is 0 Å². The summed E-state index contributed by atoms with van der Waals surface area (Å²) in [6.45, 7) is 0. The van der Waals surface area contributed by atoms with Crippen LogP contribution in [0.4, 0.5) is 4.39 Å². The van der Waals surface area contributed by atoms with Crippen molar-refractivity contribution in [1.29, 1.82) is 0 Å². The molecular formula is C9H9Cl2F. The summed E-state index contributed by atoms with van der Waals surface area (Å²) < 4.78 is 13.1. The molecule has 0 fully saturated rings. The number of rotatable bonds is 3. The minimum absolute atomic E-state index is 0.0884. The lowest BCUT2D eigenvalue weighted by atomic mass is 10.0. The van der Waals surface area contributed by atoms with Crippen molar-refractivity contribution in [3.05, 3.63) is 35.6 Å². The Morgan fingerprint density at radius 3 is 2.25 bits per heavy atom. The van der Waals surface area contributed by atoms with Gasteiger partial charge in [-0.25, -0.2) is 4.39 Å². The Morgan fingerprint density at radius 1 is 1.17 bits per heavy atom. The highest BCUT2D eigenvalue weighted by Crippen LogP contribution is 2.21. The van der Waals surface area contributed by atoms with Crippen molar-refractivity contribution in [2.75, 3.05) is 11.8 Å². The van der Waals surface area contributed by atoms with Crippen LogP contribution in [0.2, 0.25) is 0 Å². The summed E-state index contributed by atoms with van der Waals surface area (Å²) in [7, 11) is 0. The molecule has 0 amide bonds. The first-order chi connectivity index (χ1) is 5.79. The molecule has 12 heavy (non-hydrogen) atoms. The average molecular weight is 207 g/mol. The molecule has 0 unspecified atom stereocenters. The predicted octanol–water partition coefficient (Wildman–Crippen LogP) is 3.39. The Kier molecular flexibility index (Phi) is 3.83. The molecule has 0 radical (unpaired) electrons. The second kappa shape index (κ2) is 4.68. The van der Waals surface area contributed by atoms with E-state index in [1.54, 1.807) is 18.2 Å². The quantitative estimate of drug-likeness (QED) is 0.666. The molecule has 0 heterocycles. The van der Waals surface area contributed by atoms with Crippen LogP contribution in [0, 0.1) is 5.82 Å². The molecule has 0 saturated heterocycles. The number of hydrogen-bond acceptors (Lipinski definition) is 0. The number of halogens is 3. The van der Waals surface area contributed by atoms with E-state index < -0.39 is 0 Å². The zero-order chi connectivity index (χ0) is 8.97. The minimum Gasteiger partial charge on any atom is -0.207 e. The lowest BCUT2D eigenvalue weighted by Gasteiger charge is -2.10. The van der Waals surface area contributed by atoms with Crippen LogP contribution >= 0.6 is 23.2 Å². The molecule has 0 spiro atoms. The molecule has 0 saturated carbocycles. The Labute approximate surface area is 81.3 Å². The van der Waals surface area contributed by atoms with E-state index >= 15 is 0 Å². The van der Waals surface area contributed by atoms with Crippen LogP contribution in [-0.2, 0) is 0 Å².